The number of amides is 1. The van der Waals surface area contributed by atoms with Crippen molar-refractivity contribution in [3.63, 3.8) is 0 Å². The molecule has 3 N–H and O–H groups in total. The van der Waals surface area contributed by atoms with Crippen LogP contribution in [0.2, 0.25) is 0 Å². The van der Waals surface area contributed by atoms with Crippen LogP contribution in [0, 0.1) is 0 Å². The second kappa shape index (κ2) is 5.75. The molecule has 1 rings (SSSR count). The first-order valence-electron chi connectivity index (χ1n) is 4.99. The number of benzene rings is 1. The van der Waals surface area contributed by atoms with Gasteiger partial charge in [-0.2, -0.15) is 0 Å². The first kappa shape index (κ1) is 12.0. The van der Waals surface area contributed by atoms with Crippen LogP contribution in [0.3, 0.4) is 0 Å². The summed E-state index contributed by atoms with van der Waals surface area (Å²) in [6, 6.07) is 5.34. The fourth-order valence-corrected chi connectivity index (χ4v) is 1.58. The van der Waals surface area contributed by atoms with E-state index in [1.54, 1.807) is 12.1 Å². The van der Waals surface area contributed by atoms with Gasteiger partial charge in [0.25, 0.3) is 5.91 Å². The Morgan fingerprint density at radius 1 is 1.53 bits per heavy atom. The third-order valence-electron chi connectivity index (χ3n) is 2.11. The monoisotopic (exact) mass is 270 g/mol. The zero-order valence-electron chi connectivity index (χ0n) is 8.72. The van der Waals surface area contributed by atoms with Gasteiger partial charge in [-0.3, -0.25) is 4.79 Å². The fraction of sp³-hybridized carbons (Fsp3) is 0.364. The molecule has 3 nitrogen and oxygen atoms in total. The van der Waals surface area contributed by atoms with Crippen molar-refractivity contribution in [2.45, 2.75) is 19.8 Å². The van der Waals surface area contributed by atoms with Crippen molar-refractivity contribution in [1.29, 1.82) is 0 Å². The van der Waals surface area contributed by atoms with E-state index in [2.05, 4.69) is 28.2 Å². The second-order valence-corrected chi connectivity index (χ2v) is 4.16. The number of anilines is 1. The van der Waals surface area contributed by atoms with Gasteiger partial charge in [0.05, 0.1) is 11.3 Å². The molecule has 0 atom stereocenters. The maximum absolute atomic E-state index is 11.7. The summed E-state index contributed by atoms with van der Waals surface area (Å²) in [7, 11) is 0. The Hall–Kier alpha value is -1.03. The largest absolute Gasteiger partial charge is 0.397 e. The van der Waals surface area contributed by atoms with Gasteiger partial charge in [-0.15, -0.1) is 0 Å². The minimum Gasteiger partial charge on any atom is -0.397 e. The summed E-state index contributed by atoms with van der Waals surface area (Å²) in [6.45, 7) is 2.78. The van der Waals surface area contributed by atoms with Crippen LogP contribution >= 0.6 is 15.9 Å². The van der Waals surface area contributed by atoms with Gasteiger partial charge in [0.2, 0.25) is 0 Å². The van der Waals surface area contributed by atoms with Gasteiger partial charge in [0.1, 0.15) is 0 Å². The summed E-state index contributed by atoms with van der Waals surface area (Å²) in [5.41, 5.74) is 6.80. The van der Waals surface area contributed by atoms with Crippen LogP contribution < -0.4 is 11.1 Å². The molecule has 0 saturated heterocycles. The minimum atomic E-state index is -0.109. The molecule has 0 aliphatic heterocycles. The van der Waals surface area contributed by atoms with Crippen LogP contribution in [0.4, 0.5) is 5.69 Å². The van der Waals surface area contributed by atoms with E-state index in [1.165, 1.54) is 0 Å². The number of nitrogen functional groups attached to an aromatic ring is 1. The molecule has 0 aliphatic carbocycles. The van der Waals surface area contributed by atoms with Crippen LogP contribution in [0.15, 0.2) is 22.7 Å². The SMILES string of the molecule is CCCCNC(=O)c1cccc(Br)c1N. The van der Waals surface area contributed by atoms with Crippen molar-refractivity contribution in [2.24, 2.45) is 0 Å². The molecule has 1 amide bonds. The van der Waals surface area contributed by atoms with Crippen LogP contribution in [-0.2, 0) is 0 Å². The van der Waals surface area contributed by atoms with Crippen molar-refractivity contribution in [3.8, 4) is 0 Å². The smallest absolute Gasteiger partial charge is 0.253 e. The van der Waals surface area contributed by atoms with Gasteiger partial charge in [-0.25, -0.2) is 0 Å². The Morgan fingerprint density at radius 3 is 2.93 bits per heavy atom. The topological polar surface area (TPSA) is 55.1 Å². The number of hydrogen-bond donors (Lipinski definition) is 2. The molecule has 0 unspecified atom stereocenters. The van der Waals surface area contributed by atoms with Gasteiger partial charge >= 0.3 is 0 Å². The molecule has 0 heterocycles. The summed E-state index contributed by atoms with van der Waals surface area (Å²) < 4.78 is 0.755. The predicted octanol–water partition coefficient (Wildman–Crippen LogP) is 2.56. The normalized spacial score (nSPS) is 10.0. The van der Waals surface area contributed by atoms with E-state index < -0.39 is 0 Å². The summed E-state index contributed by atoms with van der Waals surface area (Å²) >= 11 is 3.29. The lowest BCUT2D eigenvalue weighted by atomic mass is 10.1. The zero-order valence-corrected chi connectivity index (χ0v) is 10.3. The maximum Gasteiger partial charge on any atom is 0.253 e. The quantitative estimate of drug-likeness (QED) is 0.653. The standard InChI is InChI=1S/C11H15BrN2O/c1-2-3-7-14-11(15)8-5-4-6-9(12)10(8)13/h4-6H,2-3,7,13H2,1H3,(H,14,15). The highest BCUT2D eigenvalue weighted by Crippen LogP contribution is 2.22. The number of nitrogens with one attached hydrogen (secondary N) is 1. The molecular formula is C11H15BrN2O. The van der Waals surface area contributed by atoms with Gasteiger partial charge < -0.3 is 11.1 Å². The molecule has 0 aliphatic rings. The fourth-order valence-electron chi connectivity index (χ4n) is 1.21. The molecule has 0 saturated carbocycles. The number of halogens is 1. The minimum absolute atomic E-state index is 0.109. The Labute approximate surface area is 98.2 Å². The molecule has 0 radical (unpaired) electrons. The number of unbranched alkanes of at least 4 members (excludes halogenated alkanes) is 1. The van der Waals surface area contributed by atoms with E-state index in [0.717, 1.165) is 17.3 Å². The van der Waals surface area contributed by atoms with Gasteiger partial charge in [0.15, 0.2) is 0 Å². The lowest BCUT2D eigenvalue weighted by molar-refractivity contribution is 0.0954. The van der Waals surface area contributed by atoms with E-state index in [4.69, 9.17) is 5.73 Å². The lowest BCUT2D eigenvalue weighted by Gasteiger charge is -2.07. The first-order chi connectivity index (χ1) is 7.16. The number of nitrogens with two attached hydrogens (primary N) is 1. The highest BCUT2D eigenvalue weighted by atomic mass is 79.9. The van der Waals surface area contributed by atoms with Crippen LogP contribution in [-0.4, -0.2) is 12.5 Å². The highest BCUT2D eigenvalue weighted by molar-refractivity contribution is 9.10. The molecular weight excluding hydrogens is 256 g/mol. The molecule has 0 bridgehead atoms. The van der Waals surface area contributed by atoms with E-state index in [9.17, 15) is 4.79 Å². The summed E-state index contributed by atoms with van der Waals surface area (Å²) in [5.74, 6) is -0.109. The third kappa shape index (κ3) is 3.23. The molecule has 0 fully saturated rings. The third-order valence-corrected chi connectivity index (χ3v) is 2.80. The molecule has 15 heavy (non-hydrogen) atoms. The van der Waals surface area contributed by atoms with Crippen LogP contribution in [0.25, 0.3) is 0 Å². The molecule has 82 valence electrons. The molecule has 0 spiro atoms. The van der Waals surface area contributed by atoms with Crippen molar-refractivity contribution in [2.75, 3.05) is 12.3 Å². The molecule has 1 aromatic rings. The zero-order chi connectivity index (χ0) is 11.3. The average Bonchev–Trinajstić information content (AvgIpc) is 2.22. The van der Waals surface area contributed by atoms with E-state index >= 15 is 0 Å². The first-order valence-corrected chi connectivity index (χ1v) is 5.78. The molecule has 4 heteroatoms. The summed E-state index contributed by atoms with van der Waals surface area (Å²) in [4.78, 5) is 11.7. The maximum atomic E-state index is 11.7. The number of para-hydroxylation sites is 1. The van der Waals surface area contributed by atoms with Crippen LogP contribution in [0.5, 0.6) is 0 Å². The number of hydrogen-bond acceptors (Lipinski definition) is 2. The summed E-state index contributed by atoms with van der Waals surface area (Å²) in [5, 5.41) is 2.83. The van der Waals surface area contributed by atoms with E-state index in [-0.39, 0.29) is 5.91 Å². The molecule has 0 aromatic heterocycles. The van der Waals surface area contributed by atoms with Crippen molar-refractivity contribution >= 4 is 27.5 Å². The van der Waals surface area contributed by atoms with Gasteiger partial charge in [-0.1, -0.05) is 19.4 Å². The number of carbonyl (C=O) groups is 1. The Balaban J connectivity index is 2.69. The van der Waals surface area contributed by atoms with Crippen molar-refractivity contribution in [1.82, 2.24) is 5.32 Å². The molecule has 1 aromatic carbocycles. The number of rotatable bonds is 4. The van der Waals surface area contributed by atoms with E-state index in [0.29, 0.717) is 17.8 Å². The number of carbonyl (C=O) groups excluding carboxylic acids is 1. The average molecular weight is 271 g/mol. The van der Waals surface area contributed by atoms with E-state index in [1.807, 2.05) is 6.07 Å². The summed E-state index contributed by atoms with van der Waals surface area (Å²) in [6.07, 6.45) is 2.05. The second-order valence-electron chi connectivity index (χ2n) is 3.31. The Kier molecular flexibility index (Phi) is 4.62. The van der Waals surface area contributed by atoms with Crippen molar-refractivity contribution in [3.05, 3.63) is 28.2 Å². The van der Waals surface area contributed by atoms with Crippen LogP contribution in [0.1, 0.15) is 30.1 Å². The van der Waals surface area contributed by atoms with Gasteiger partial charge in [0, 0.05) is 11.0 Å². The Bertz CT molecular complexity index is 352. The lowest BCUT2D eigenvalue weighted by Crippen LogP contribution is -2.25. The van der Waals surface area contributed by atoms with Crippen molar-refractivity contribution < 1.29 is 4.79 Å². The highest BCUT2D eigenvalue weighted by Gasteiger charge is 2.10. The Morgan fingerprint density at radius 2 is 2.27 bits per heavy atom. The van der Waals surface area contributed by atoms with Gasteiger partial charge in [-0.05, 0) is 34.5 Å². The predicted molar refractivity (Wildman–Crippen MR) is 65.8 cm³/mol.